The van der Waals surface area contributed by atoms with E-state index in [0.717, 1.165) is 0 Å². The number of esters is 1. The molecule has 0 N–H and O–H groups in total. The van der Waals surface area contributed by atoms with Crippen LogP contribution in [0.25, 0.3) is 0 Å². The number of benzene rings is 2. The zero-order chi connectivity index (χ0) is 31.8. The van der Waals surface area contributed by atoms with Gasteiger partial charge in [-0.15, -0.1) is 0 Å². The van der Waals surface area contributed by atoms with E-state index in [2.05, 4.69) is 0 Å². The monoisotopic (exact) mass is 665 g/mol. The number of fused-ring (bicyclic) bond motifs is 2. The van der Waals surface area contributed by atoms with Gasteiger partial charge < -0.3 is 24.0 Å². The Bertz CT molecular complexity index is 1440. The van der Waals surface area contributed by atoms with Gasteiger partial charge in [0.1, 0.15) is 29.9 Å². The minimum atomic E-state index is -1.83. The molecule has 3 aliphatic heterocycles. The second kappa shape index (κ2) is 12.7. The Morgan fingerprint density at radius 2 is 1.77 bits per heavy atom. The van der Waals surface area contributed by atoms with Crippen LogP contribution in [0, 0.1) is 0 Å². The van der Waals surface area contributed by atoms with Crippen LogP contribution in [0.2, 0.25) is 0 Å². The molecule has 4 atom stereocenters. The van der Waals surface area contributed by atoms with E-state index in [4.69, 9.17) is 49.0 Å². The number of anilines is 1. The van der Waals surface area contributed by atoms with Gasteiger partial charge in [-0.25, -0.2) is 9.59 Å². The molecule has 0 saturated carbocycles. The predicted octanol–water partition coefficient (Wildman–Crippen LogP) is 5.18. The Balaban J connectivity index is 1.65. The molecule has 3 amide bonds. The molecule has 0 unspecified atom stereocenters. The van der Waals surface area contributed by atoms with Crippen molar-refractivity contribution in [3.8, 4) is 5.75 Å². The molecule has 0 aromatic heterocycles. The van der Waals surface area contributed by atoms with Crippen molar-refractivity contribution >= 4 is 64.4 Å². The summed E-state index contributed by atoms with van der Waals surface area (Å²) in [6.45, 7) is 2.15. The van der Waals surface area contributed by atoms with Crippen molar-refractivity contribution in [1.29, 1.82) is 0 Å². The van der Waals surface area contributed by atoms with Crippen LogP contribution in [0.3, 0.4) is 0 Å². The molecule has 2 aromatic rings. The van der Waals surface area contributed by atoms with Crippen LogP contribution >= 0.6 is 34.8 Å². The number of rotatable bonds is 7. The lowest BCUT2D eigenvalue weighted by Gasteiger charge is -2.38. The maximum Gasteiger partial charge on any atom is 0.410 e. The third-order valence-corrected chi connectivity index (χ3v) is 8.95. The van der Waals surface area contributed by atoms with Gasteiger partial charge >= 0.3 is 12.1 Å². The fraction of sp³-hybridized carbons (Fsp3) is 0.484. The molecule has 236 valence electrons. The van der Waals surface area contributed by atoms with E-state index < -0.39 is 51.9 Å². The molecule has 2 aromatic carbocycles. The molecule has 3 heterocycles. The van der Waals surface area contributed by atoms with E-state index in [1.54, 1.807) is 18.1 Å². The Hall–Kier alpha value is -3.21. The Morgan fingerprint density at radius 3 is 2.41 bits per heavy atom. The number of ether oxygens (including phenoxy) is 3. The van der Waals surface area contributed by atoms with E-state index >= 15 is 0 Å². The average molecular weight is 667 g/mol. The van der Waals surface area contributed by atoms with Gasteiger partial charge in [0.2, 0.25) is 15.6 Å². The summed E-state index contributed by atoms with van der Waals surface area (Å²) in [6, 6.07) is 11.6. The van der Waals surface area contributed by atoms with Gasteiger partial charge in [-0.1, -0.05) is 78.1 Å². The number of alkyl halides is 3. The number of methoxy groups -OCH3 is 2. The lowest BCUT2D eigenvalue weighted by Crippen LogP contribution is -2.53. The average Bonchev–Trinajstić information content (AvgIpc) is 3.71. The molecule has 44 heavy (non-hydrogen) atoms. The lowest BCUT2D eigenvalue weighted by atomic mass is 9.72. The van der Waals surface area contributed by atoms with E-state index in [9.17, 15) is 19.2 Å². The molecule has 2 saturated heterocycles. The lowest BCUT2D eigenvalue weighted by molar-refractivity contribution is -0.154. The molecular weight excluding hydrogens is 633 g/mol. The summed E-state index contributed by atoms with van der Waals surface area (Å²) in [4.78, 5) is 60.5. The molecule has 10 nitrogen and oxygen atoms in total. The summed E-state index contributed by atoms with van der Waals surface area (Å²) in [6.07, 6.45) is 0.710. The summed E-state index contributed by atoms with van der Waals surface area (Å²) in [5.74, 6) is -0.787. The molecular formula is C31H34Cl3N3O7. The van der Waals surface area contributed by atoms with Crippen molar-refractivity contribution in [2.75, 3.05) is 38.8 Å². The molecule has 0 aliphatic carbocycles. The number of halogens is 3. The molecule has 0 radical (unpaired) electrons. The second-order valence-corrected chi connectivity index (χ2v) is 13.7. The van der Waals surface area contributed by atoms with Gasteiger partial charge in [0.05, 0.1) is 25.9 Å². The summed E-state index contributed by atoms with van der Waals surface area (Å²) in [5, 5.41) is 0. The van der Waals surface area contributed by atoms with Crippen LogP contribution in [0.1, 0.15) is 49.8 Å². The molecule has 3 aliphatic rings. The van der Waals surface area contributed by atoms with E-state index in [-0.39, 0.29) is 18.9 Å². The Kier molecular flexibility index (Phi) is 9.26. The summed E-state index contributed by atoms with van der Waals surface area (Å²) in [7, 11) is 2.81. The number of nitrogens with zero attached hydrogens (tertiary/aromatic N) is 3. The third kappa shape index (κ3) is 5.56. The van der Waals surface area contributed by atoms with Crippen molar-refractivity contribution in [3.05, 3.63) is 59.7 Å². The maximum absolute atomic E-state index is 14.7. The third-order valence-electron chi connectivity index (χ3n) is 8.62. The van der Waals surface area contributed by atoms with E-state index in [1.807, 2.05) is 49.4 Å². The van der Waals surface area contributed by atoms with Crippen LogP contribution in [-0.2, 0) is 29.3 Å². The SMILES string of the molecule is CCCN1C(=O)[C@@]2(C[C@@H](C(=O)OC)N(C(=O)[C@@H]3CCCN3C(=O)OCC(Cl)(Cl)Cl)[C@H]2c2ccccc2)c2ccc(OC)cc21. The van der Waals surface area contributed by atoms with Gasteiger partial charge in [0, 0.05) is 19.2 Å². The van der Waals surface area contributed by atoms with Gasteiger partial charge in [-0.3, -0.25) is 14.5 Å². The standard InChI is InChI=1S/C31H34Cl3N3O7/c1-4-14-35-23-16-20(42-2)12-13-21(23)30(28(35)40)17-24(27(39)43-3)37(25(30)19-9-6-5-7-10-19)26(38)22-11-8-15-36(22)29(41)44-18-31(32,33)34/h5-7,9-10,12-13,16,22,24-25H,4,8,11,14-15,17-18H2,1-3H3/t22-,24-,25-,30-/m0/s1. The molecule has 1 spiro atoms. The normalized spacial score (nSPS) is 24.5. The summed E-state index contributed by atoms with van der Waals surface area (Å²) >= 11 is 17.4. The van der Waals surface area contributed by atoms with Gasteiger partial charge in [0.15, 0.2) is 0 Å². The number of carbonyl (C=O) groups excluding carboxylic acids is 4. The van der Waals surface area contributed by atoms with Crippen molar-refractivity contribution in [1.82, 2.24) is 9.80 Å². The number of hydrogen-bond acceptors (Lipinski definition) is 7. The highest BCUT2D eigenvalue weighted by molar-refractivity contribution is 6.67. The van der Waals surface area contributed by atoms with Crippen molar-refractivity contribution < 1.29 is 33.4 Å². The largest absolute Gasteiger partial charge is 0.497 e. The molecule has 2 fully saturated rings. The fourth-order valence-corrected chi connectivity index (χ4v) is 7.04. The molecule has 13 heteroatoms. The van der Waals surface area contributed by atoms with Crippen molar-refractivity contribution in [2.45, 2.75) is 59.9 Å². The molecule has 5 rings (SSSR count). The van der Waals surface area contributed by atoms with Gasteiger partial charge in [0.25, 0.3) is 0 Å². The Labute approximate surface area is 271 Å². The number of carbonyl (C=O) groups is 4. The number of hydrogen-bond donors (Lipinski definition) is 0. The van der Waals surface area contributed by atoms with E-state index in [0.29, 0.717) is 48.4 Å². The maximum atomic E-state index is 14.7. The Morgan fingerprint density at radius 1 is 1.05 bits per heavy atom. The topological polar surface area (TPSA) is 106 Å². The van der Waals surface area contributed by atoms with Crippen LogP contribution in [-0.4, -0.2) is 83.5 Å². The first-order chi connectivity index (χ1) is 21.0. The van der Waals surface area contributed by atoms with Crippen molar-refractivity contribution in [3.63, 3.8) is 0 Å². The van der Waals surface area contributed by atoms with Crippen LogP contribution in [0.5, 0.6) is 5.75 Å². The van der Waals surface area contributed by atoms with Crippen molar-refractivity contribution in [2.24, 2.45) is 0 Å². The highest BCUT2D eigenvalue weighted by Gasteiger charge is 2.66. The number of amides is 3. The zero-order valence-corrected chi connectivity index (χ0v) is 26.9. The summed E-state index contributed by atoms with van der Waals surface area (Å²) in [5.41, 5.74) is 0.725. The quantitative estimate of drug-likeness (QED) is 0.296. The van der Waals surface area contributed by atoms with Gasteiger partial charge in [-0.05, 0) is 42.9 Å². The highest BCUT2D eigenvalue weighted by Crippen LogP contribution is 2.59. The first-order valence-electron chi connectivity index (χ1n) is 14.4. The zero-order valence-electron chi connectivity index (χ0n) is 24.6. The van der Waals surface area contributed by atoms with Crippen LogP contribution in [0.15, 0.2) is 48.5 Å². The first kappa shape index (κ1) is 32.2. The smallest absolute Gasteiger partial charge is 0.410 e. The van der Waals surface area contributed by atoms with Gasteiger partial charge in [-0.2, -0.15) is 0 Å². The minimum absolute atomic E-state index is 0.00617. The highest BCUT2D eigenvalue weighted by atomic mass is 35.6. The van der Waals surface area contributed by atoms with Crippen LogP contribution < -0.4 is 9.64 Å². The predicted molar refractivity (Wildman–Crippen MR) is 165 cm³/mol. The fourth-order valence-electron chi connectivity index (χ4n) is 6.88. The van der Waals surface area contributed by atoms with E-state index in [1.165, 1.54) is 16.9 Å². The number of likely N-dealkylation sites (tertiary alicyclic amines) is 2. The molecule has 0 bridgehead atoms. The first-order valence-corrected chi connectivity index (χ1v) is 15.6. The van der Waals surface area contributed by atoms with Crippen LogP contribution in [0.4, 0.5) is 10.5 Å². The summed E-state index contributed by atoms with van der Waals surface area (Å²) < 4.78 is 14.1. The second-order valence-electron chi connectivity index (χ2n) is 11.1. The minimum Gasteiger partial charge on any atom is -0.497 e.